The second kappa shape index (κ2) is 6.46. The first-order valence-corrected chi connectivity index (χ1v) is 6.38. The van der Waals surface area contributed by atoms with Crippen molar-refractivity contribution in [1.82, 2.24) is 25.3 Å². The molecule has 0 radical (unpaired) electrons. The first-order chi connectivity index (χ1) is 9.22. The van der Waals surface area contributed by atoms with Crippen molar-refractivity contribution >= 4 is 0 Å². The van der Waals surface area contributed by atoms with Gasteiger partial charge in [-0.2, -0.15) is 0 Å². The minimum absolute atomic E-state index is 0.453. The van der Waals surface area contributed by atoms with Gasteiger partial charge in [0.05, 0.1) is 0 Å². The monoisotopic (exact) mass is 263 g/mol. The minimum atomic E-state index is -0.453. The summed E-state index contributed by atoms with van der Waals surface area (Å²) in [4.78, 5) is 14.7. The molecule has 104 valence electrons. The maximum absolute atomic E-state index is 6.50. The number of nitrogens with zero attached hydrogens (tertiary/aromatic N) is 2. The zero-order valence-corrected chi connectivity index (χ0v) is 10.9. The Hall–Kier alpha value is -1.70. The fraction of sp³-hybridized carbons (Fsp3) is 0.500. The standard InChI is InChI=1S/C12H21N7/c13-1-2-15-9-12(14,7-10-16-3-4-17-10)8-11-18-5-6-19-11/h3-6,15H,1-2,7-9,13-14H2,(H,16,17)(H,18,19). The maximum atomic E-state index is 6.50. The van der Waals surface area contributed by atoms with Crippen LogP contribution in [0.1, 0.15) is 11.6 Å². The Bertz CT molecular complexity index is 412. The van der Waals surface area contributed by atoms with Gasteiger partial charge in [-0.15, -0.1) is 0 Å². The number of H-pyrrole nitrogens is 2. The summed E-state index contributed by atoms with van der Waals surface area (Å²) in [6, 6.07) is 0. The maximum Gasteiger partial charge on any atom is 0.107 e. The van der Waals surface area contributed by atoms with Crippen molar-refractivity contribution in [1.29, 1.82) is 0 Å². The number of hydrogen-bond donors (Lipinski definition) is 5. The molecule has 0 aromatic carbocycles. The molecule has 0 aliphatic heterocycles. The van der Waals surface area contributed by atoms with Crippen LogP contribution in [-0.4, -0.2) is 45.1 Å². The molecule has 0 saturated heterocycles. The lowest BCUT2D eigenvalue weighted by Crippen LogP contribution is -2.53. The molecule has 0 unspecified atom stereocenters. The van der Waals surface area contributed by atoms with Crippen molar-refractivity contribution in [3.05, 3.63) is 36.4 Å². The zero-order chi connectivity index (χ0) is 13.6. The van der Waals surface area contributed by atoms with Gasteiger partial charge in [0.1, 0.15) is 11.6 Å². The minimum Gasteiger partial charge on any atom is -0.349 e. The van der Waals surface area contributed by atoms with Crippen LogP contribution in [0.5, 0.6) is 0 Å². The van der Waals surface area contributed by atoms with Crippen LogP contribution in [0.4, 0.5) is 0 Å². The third-order valence-electron chi connectivity index (χ3n) is 2.95. The average molecular weight is 263 g/mol. The Morgan fingerprint density at radius 2 is 1.68 bits per heavy atom. The van der Waals surface area contributed by atoms with Gasteiger partial charge in [-0.1, -0.05) is 0 Å². The molecule has 7 nitrogen and oxygen atoms in total. The number of nitrogens with one attached hydrogen (secondary N) is 3. The second-order valence-corrected chi connectivity index (χ2v) is 4.75. The Morgan fingerprint density at radius 1 is 1.11 bits per heavy atom. The normalized spacial score (nSPS) is 11.9. The molecule has 0 aliphatic rings. The van der Waals surface area contributed by atoms with Crippen molar-refractivity contribution in [3.63, 3.8) is 0 Å². The van der Waals surface area contributed by atoms with Gasteiger partial charge in [-0.3, -0.25) is 0 Å². The van der Waals surface area contributed by atoms with E-state index in [9.17, 15) is 0 Å². The van der Waals surface area contributed by atoms with Crippen LogP contribution < -0.4 is 16.8 Å². The van der Waals surface area contributed by atoms with E-state index in [0.717, 1.165) is 18.2 Å². The molecule has 7 N–H and O–H groups in total. The van der Waals surface area contributed by atoms with E-state index in [-0.39, 0.29) is 0 Å². The molecule has 2 aromatic rings. The highest BCUT2D eigenvalue weighted by atomic mass is 15.0. The lowest BCUT2D eigenvalue weighted by molar-refractivity contribution is 0.378. The van der Waals surface area contributed by atoms with Crippen LogP contribution in [0.2, 0.25) is 0 Å². The number of imidazole rings is 2. The molecule has 2 aromatic heterocycles. The van der Waals surface area contributed by atoms with Crippen molar-refractivity contribution in [3.8, 4) is 0 Å². The zero-order valence-electron chi connectivity index (χ0n) is 10.9. The summed E-state index contributed by atoms with van der Waals surface area (Å²) in [5, 5.41) is 3.27. The van der Waals surface area contributed by atoms with E-state index in [0.29, 0.717) is 25.9 Å². The van der Waals surface area contributed by atoms with Gasteiger partial charge in [-0.25, -0.2) is 9.97 Å². The molecule has 7 heteroatoms. The predicted molar refractivity (Wildman–Crippen MR) is 73.4 cm³/mol. The quantitative estimate of drug-likeness (QED) is 0.398. The second-order valence-electron chi connectivity index (χ2n) is 4.75. The molecule has 0 aliphatic carbocycles. The van der Waals surface area contributed by atoms with Crippen LogP contribution >= 0.6 is 0 Å². The Morgan fingerprint density at radius 3 is 2.11 bits per heavy atom. The Labute approximate surface area is 112 Å². The van der Waals surface area contributed by atoms with Crippen molar-refractivity contribution in [2.24, 2.45) is 11.5 Å². The molecule has 0 atom stereocenters. The van der Waals surface area contributed by atoms with E-state index in [1.807, 2.05) is 0 Å². The fourth-order valence-electron chi connectivity index (χ4n) is 2.08. The molecule has 0 saturated carbocycles. The number of aromatic nitrogens is 4. The van der Waals surface area contributed by atoms with Gasteiger partial charge in [0.2, 0.25) is 0 Å². The summed E-state index contributed by atoms with van der Waals surface area (Å²) >= 11 is 0. The van der Waals surface area contributed by atoms with Gasteiger partial charge in [-0.05, 0) is 0 Å². The average Bonchev–Trinajstić information content (AvgIpc) is 3.03. The van der Waals surface area contributed by atoms with Crippen LogP contribution in [0.3, 0.4) is 0 Å². The molecule has 0 fully saturated rings. The lowest BCUT2D eigenvalue weighted by Gasteiger charge is -2.28. The fourth-order valence-corrected chi connectivity index (χ4v) is 2.08. The Kier molecular flexibility index (Phi) is 4.67. The summed E-state index contributed by atoms with van der Waals surface area (Å²) in [5.41, 5.74) is 11.5. The van der Waals surface area contributed by atoms with E-state index < -0.39 is 5.54 Å². The van der Waals surface area contributed by atoms with Crippen LogP contribution in [0.15, 0.2) is 24.8 Å². The highest BCUT2D eigenvalue weighted by molar-refractivity contribution is 5.05. The van der Waals surface area contributed by atoms with Crippen molar-refractivity contribution in [2.45, 2.75) is 18.4 Å². The molecule has 2 heterocycles. The summed E-state index contributed by atoms with van der Waals surface area (Å²) in [5.74, 6) is 1.76. The summed E-state index contributed by atoms with van der Waals surface area (Å²) < 4.78 is 0. The molecule has 0 spiro atoms. The van der Waals surface area contributed by atoms with Gasteiger partial charge in [0.25, 0.3) is 0 Å². The van der Waals surface area contributed by atoms with Gasteiger partial charge >= 0.3 is 0 Å². The highest BCUT2D eigenvalue weighted by Crippen LogP contribution is 2.12. The number of rotatable bonds is 8. The SMILES string of the molecule is NCCNCC(N)(Cc1ncc[nH]1)Cc1ncc[nH]1. The Balaban J connectivity index is 2.02. The lowest BCUT2D eigenvalue weighted by atomic mass is 9.91. The van der Waals surface area contributed by atoms with Crippen molar-refractivity contribution in [2.75, 3.05) is 19.6 Å². The van der Waals surface area contributed by atoms with E-state index >= 15 is 0 Å². The molecule has 2 rings (SSSR count). The third kappa shape index (κ3) is 4.16. The topological polar surface area (TPSA) is 121 Å². The first kappa shape index (κ1) is 13.7. The van der Waals surface area contributed by atoms with E-state index in [2.05, 4.69) is 25.3 Å². The van der Waals surface area contributed by atoms with Crippen LogP contribution in [0.25, 0.3) is 0 Å². The van der Waals surface area contributed by atoms with E-state index in [4.69, 9.17) is 11.5 Å². The predicted octanol–water partition coefficient (Wildman–Crippen LogP) is -0.836. The van der Waals surface area contributed by atoms with Gasteiger partial charge < -0.3 is 26.8 Å². The van der Waals surface area contributed by atoms with Crippen molar-refractivity contribution < 1.29 is 0 Å². The molecular weight excluding hydrogens is 242 g/mol. The largest absolute Gasteiger partial charge is 0.349 e. The van der Waals surface area contributed by atoms with E-state index in [1.54, 1.807) is 24.8 Å². The van der Waals surface area contributed by atoms with E-state index in [1.165, 1.54) is 0 Å². The molecule has 0 amide bonds. The number of nitrogens with two attached hydrogens (primary N) is 2. The highest BCUT2D eigenvalue weighted by Gasteiger charge is 2.27. The number of hydrogen-bond acceptors (Lipinski definition) is 5. The van der Waals surface area contributed by atoms with Crippen LogP contribution in [-0.2, 0) is 12.8 Å². The third-order valence-corrected chi connectivity index (χ3v) is 2.95. The molecule has 19 heavy (non-hydrogen) atoms. The number of aromatic amines is 2. The summed E-state index contributed by atoms with van der Waals surface area (Å²) in [6.07, 6.45) is 8.37. The smallest absolute Gasteiger partial charge is 0.107 e. The first-order valence-electron chi connectivity index (χ1n) is 6.38. The molecule has 0 bridgehead atoms. The summed E-state index contributed by atoms with van der Waals surface area (Å²) in [7, 11) is 0. The van der Waals surface area contributed by atoms with Gasteiger partial charge in [0, 0.05) is 62.8 Å². The molecular formula is C12H21N7. The summed E-state index contributed by atoms with van der Waals surface area (Å²) in [6.45, 7) is 2.00. The van der Waals surface area contributed by atoms with Gasteiger partial charge in [0.15, 0.2) is 0 Å². The van der Waals surface area contributed by atoms with Crippen LogP contribution in [0, 0.1) is 0 Å².